The number of morpholine rings is 1. The number of Topliss-reactive ketones (excluding diaryl/α,β-unsaturated/α-hetero) is 1. The number of ether oxygens (including phenoxy) is 3. The third-order valence-corrected chi connectivity index (χ3v) is 7.26. The average Bonchev–Trinajstić information content (AvgIpc) is 3.21. The van der Waals surface area contributed by atoms with Crippen molar-refractivity contribution >= 4 is 17.4 Å². The van der Waals surface area contributed by atoms with Crippen molar-refractivity contribution in [2.24, 2.45) is 0 Å². The van der Waals surface area contributed by atoms with Crippen molar-refractivity contribution in [3.05, 3.63) is 64.7 Å². The number of hydrogen-bond acceptors (Lipinski definition) is 7. The van der Waals surface area contributed by atoms with Gasteiger partial charge in [-0.05, 0) is 61.7 Å². The van der Waals surface area contributed by atoms with Gasteiger partial charge in [-0.25, -0.2) is 0 Å². The van der Waals surface area contributed by atoms with Crippen LogP contribution in [0.4, 0.5) is 0 Å². The third-order valence-electron chi connectivity index (χ3n) is 7.26. The summed E-state index contributed by atoms with van der Waals surface area (Å²) in [4.78, 5) is 30.5. The van der Waals surface area contributed by atoms with Gasteiger partial charge in [0.1, 0.15) is 17.3 Å². The summed E-state index contributed by atoms with van der Waals surface area (Å²) in [5.74, 6) is -0.00474. The number of likely N-dealkylation sites (tertiary alicyclic amines) is 1. The number of carbonyl (C=O) groups excluding carboxylic acids is 2. The molecule has 39 heavy (non-hydrogen) atoms. The Morgan fingerprint density at radius 3 is 2.41 bits per heavy atom. The van der Waals surface area contributed by atoms with Gasteiger partial charge in [0.25, 0.3) is 11.7 Å². The van der Waals surface area contributed by atoms with Crippen molar-refractivity contribution in [2.45, 2.75) is 46.1 Å². The number of ketones is 1. The van der Waals surface area contributed by atoms with E-state index in [0.29, 0.717) is 50.8 Å². The van der Waals surface area contributed by atoms with Crippen molar-refractivity contribution in [3.63, 3.8) is 0 Å². The van der Waals surface area contributed by atoms with Crippen molar-refractivity contribution in [3.8, 4) is 11.5 Å². The number of carbonyl (C=O) groups is 2. The van der Waals surface area contributed by atoms with Gasteiger partial charge in [0.15, 0.2) is 0 Å². The number of aryl methyl sites for hydroxylation is 1. The third kappa shape index (κ3) is 6.81. The Morgan fingerprint density at radius 2 is 1.74 bits per heavy atom. The maximum atomic E-state index is 13.4. The number of unbranched alkanes of at least 4 members (excludes halogenated alkanes) is 2. The normalized spacial score (nSPS) is 19.5. The van der Waals surface area contributed by atoms with E-state index in [1.165, 1.54) is 0 Å². The molecule has 1 amide bonds. The molecule has 2 saturated heterocycles. The zero-order valence-corrected chi connectivity index (χ0v) is 23.3. The monoisotopic (exact) mass is 536 g/mol. The summed E-state index contributed by atoms with van der Waals surface area (Å²) < 4.78 is 16.9. The molecule has 4 rings (SSSR count). The second kappa shape index (κ2) is 13.6. The highest BCUT2D eigenvalue weighted by Gasteiger charge is 2.46. The molecule has 2 fully saturated rings. The summed E-state index contributed by atoms with van der Waals surface area (Å²) >= 11 is 0. The first-order chi connectivity index (χ1) is 18.9. The Balaban J connectivity index is 1.67. The zero-order chi connectivity index (χ0) is 27.8. The Labute approximate surface area is 231 Å². The van der Waals surface area contributed by atoms with Gasteiger partial charge < -0.3 is 24.2 Å². The first kappa shape index (κ1) is 28.6. The lowest BCUT2D eigenvalue weighted by molar-refractivity contribution is -0.140. The number of amides is 1. The van der Waals surface area contributed by atoms with Crippen molar-refractivity contribution in [1.29, 1.82) is 0 Å². The van der Waals surface area contributed by atoms with Crippen LogP contribution in [0, 0.1) is 6.92 Å². The quantitative estimate of drug-likeness (QED) is 0.182. The van der Waals surface area contributed by atoms with Gasteiger partial charge in [0.05, 0.1) is 38.0 Å². The molecule has 210 valence electrons. The zero-order valence-electron chi connectivity index (χ0n) is 23.3. The lowest BCUT2D eigenvalue weighted by atomic mass is 9.94. The van der Waals surface area contributed by atoms with Crippen LogP contribution in [0.15, 0.2) is 48.0 Å². The lowest BCUT2D eigenvalue weighted by Gasteiger charge is -2.31. The topological polar surface area (TPSA) is 88.5 Å². The van der Waals surface area contributed by atoms with E-state index < -0.39 is 17.7 Å². The highest BCUT2D eigenvalue weighted by atomic mass is 16.5. The Bertz CT molecular complexity index is 1170. The molecule has 0 aliphatic carbocycles. The summed E-state index contributed by atoms with van der Waals surface area (Å²) in [6.07, 6.45) is 3.22. The van der Waals surface area contributed by atoms with Crippen LogP contribution >= 0.6 is 0 Å². The van der Waals surface area contributed by atoms with Gasteiger partial charge in [-0.2, -0.15) is 0 Å². The summed E-state index contributed by atoms with van der Waals surface area (Å²) in [5.41, 5.74) is 2.16. The van der Waals surface area contributed by atoms with E-state index in [0.717, 1.165) is 49.2 Å². The number of nitrogens with zero attached hydrogens (tertiary/aromatic N) is 2. The highest BCUT2D eigenvalue weighted by molar-refractivity contribution is 6.46. The predicted molar refractivity (Wildman–Crippen MR) is 150 cm³/mol. The van der Waals surface area contributed by atoms with Crippen LogP contribution in [0.5, 0.6) is 11.5 Å². The first-order valence-corrected chi connectivity index (χ1v) is 14.0. The molecule has 2 aliphatic rings. The predicted octanol–water partition coefficient (Wildman–Crippen LogP) is 4.72. The minimum Gasteiger partial charge on any atom is -0.507 e. The molecule has 2 heterocycles. The Hall–Kier alpha value is -3.36. The van der Waals surface area contributed by atoms with Crippen LogP contribution in [0.25, 0.3) is 5.76 Å². The number of aliphatic hydroxyl groups excluding tert-OH is 1. The standard InChI is InChI=1S/C31H40N2O6/c1-4-6-7-18-39-25-11-8-23(9-12-25)28-27(29(34)24-10-13-26(38-5-2)22(3)21-24)30(35)31(36)33(28)15-14-32-16-19-37-20-17-32/h8-13,21,28,34H,4-7,14-20H2,1-3H3/b29-27+. The molecule has 0 saturated carbocycles. The minimum atomic E-state index is -0.702. The molecule has 2 aliphatic heterocycles. The Kier molecular flexibility index (Phi) is 10.0. The molecule has 8 heteroatoms. The van der Waals surface area contributed by atoms with E-state index in [1.807, 2.05) is 38.1 Å². The van der Waals surface area contributed by atoms with E-state index in [2.05, 4.69) is 11.8 Å². The fourth-order valence-electron chi connectivity index (χ4n) is 5.09. The lowest BCUT2D eigenvalue weighted by Crippen LogP contribution is -2.42. The van der Waals surface area contributed by atoms with Gasteiger partial charge in [0, 0.05) is 31.7 Å². The number of aliphatic hydroxyl groups is 1. The van der Waals surface area contributed by atoms with Crippen LogP contribution in [0.3, 0.4) is 0 Å². The van der Waals surface area contributed by atoms with Crippen molar-refractivity contribution in [1.82, 2.24) is 9.80 Å². The van der Waals surface area contributed by atoms with Gasteiger partial charge >= 0.3 is 0 Å². The molecule has 2 aromatic rings. The van der Waals surface area contributed by atoms with Crippen LogP contribution in [0.1, 0.15) is 55.8 Å². The highest BCUT2D eigenvalue weighted by Crippen LogP contribution is 2.40. The molecular formula is C31H40N2O6. The maximum Gasteiger partial charge on any atom is 0.295 e. The first-order valence-electron chi connectivity index (χ1n) is 14.0. The van der Waals surface area contributed by atoms with Crippen molar-refractivity contribution in [2.75, 3.05) is 52.6 Å². The van der Waals surface area contributed by atoms with Gasteiger partial charge in [-0.1, -0.05) is 31.9 Å². The molecule has 1 N–H and O–H groups in total. The summed E-state index contributed by atoms with van der Waals surface area (Å²) in [7, 11) is 0. The van der Waals surface area contributed by atoms with E-state index in [4.69, 9.17) is 14.2 Å². The fraction of sp³-hybridized carbons (Fsp3) is 0.484. The van der Waals surface area contributed by atoms with Gasteiger partial charge in [-0.3, -0.25) is 14.5 Å². The van der Waals surface area contributed by atoms with Crippen LogP contribution in [-0.2, 0) is 14.3 Å². The van der Waals surface area contributed by atoms with E-state index in [1.54, 1.807) is 23.1 Å². The summed E-state index contributed by atoms with van der Waals surface area (Å²) in [5, 5.41) is 11.4. The van der Waals surface area contributed by atoms with Crippen LogP contribution < -0.4 is 9.47 Å². The number of benzene rings is 2. The molecular weight excluding hydrogens is 496 g/mol. The summed E-state index contributed by atoms with van der Waals surface area (Å²) in [6.45, 7) is 11.0. The van der Waals surface area contributed by atoms with Crippen molar-refractivity contribution < 1.29 is 28.9 Å². The second-order valence-electron chi connectivity index (χ2n) is 9.98. The maximum absolute atomic E-state index is 13.4. The molecule has 8 nitrogen and oxygen atoms in total. The molecule has 0 spiro atoms. The summed E-state index contributed by atoms with van der Waals surface area (Å²) in [6, 6.07) is 12.1. The van der Waals surface area contributed by atoms with E-state index in [-0.39, 0.29) is 11.3 Å². The molecule has 0 radical (unpaired) electrons. The average molecular weight is 537 g/mol. The van der Waals surface area contributed by atoms with Gasteiger partial charge in [-0.15, -0.1) is 0 Å². The number of rotatable bonds is 12. The molecule has 1 atom stereocenters. The SMILES string of the molecule is CCCCCOc1ccc(C2/C(=C(\O)c3ccc(OCC)c(C)c3)C(=O)C(=O)N2CCN2CCOCC2)cc1. The Morgan fingerprint density at radius 1 is 1.00 bits per heavy atom. The van der Waals surface area contributed by atoms with E-state index in [9.17, 15) is 14.7 Å². The van der Waals surface area contributed by atoms with Crippen LogP contribution in [-0.4, -0.2) is 79.2 Å². The molecule has 0 aromatic heterocycles. The minimum absolute atomic E-state index is 0.0992. The number of hydrogen-bond donors (Lipinski definition) is 1. The molecule has 1 unspecified atom stereocenters. The van der Waals surface area contributed by atoms with Crippen LogP contribution in [0.2, 0.25) is 0 Å². The van der Waals surface area contributed by atoms with Gasteiger partial charge in [0.2, 0.25) is 0 Å². The molecule has 0 bridgehead atoms. The van der Waals surface area contributed by atoms with E-state index >= 15 is 0 Å². The fourth-order valence-corrected chi connectivity index (χ4v) is 5.09. The smallest absolute Gasteiger partial charge is 0.295 e. The largest absolute Gasteiger partial charge is 0.507 e. The second-order valence-corrected chi connectivity index (χ2v) is 9.98. The molecule has 2 aromatic carbocycles.